The Morgan fingerprint density at radius 2 is 1.77 bits per heavy atom. The zero-order valence-electron chi connectivity index (χ0n) is 11.1. The Balaban J connectivity index is 1.87. The molecule has 0 saturated carbocycles. The van der Waals surface area contributed by atoms with Gasteiger partial charge in [-0.05, 0) is 5.56 Å². The van der Waals surface area contributed by atoms with Gasteiger partial charge in [-0.25, -0.2) is 14.8 Å². The molecule has 7 nitrogen and oxygen atoms in total. The number of aromatic nitrogens is 3. The molecule has 2 aromatic heterocycles. The van der Waals surface area contributed by atoms with Gasteiger partial charge >= 0.3 is 5.97 Å². The van der Waals surface area contributed by atoms with Crippen LogP contribution in [0.15, 0.2) is 47.2 Å². The number of hydrogen-bond acceptors (Lipinski definition) is 6. The lowest BCUT2D eigenvalue weighted by atomic mass is 10.1. The van der Waals surface area contributed by atoms with Crippen LogP contribution < -0.4 is 0 Å². The number of aromatic carboxylic acids is 1. The van der Waals surface area contributed by atoms with E-state index in [1.54, 1.807) is 36.7 Å². The van der Waals surface area contributed by atoms with Crippen LogP contribution in [-0.2, 0) is 0 Å². The summed E-state index contributed by atoms with van der Waals surface area (Å²) >= 11 is 0. The average molecular weight is 295 g/mol. The third-order valence-electron chi connectivity index (χ3n) is 2.98. The van der Waals surface area contributed by atoms with Crippen molar-refractivity contribution in [3.05, 3.63) is 54.0 Å². The van der Waals surface area contributed by atoms with Crippen molar-refractivity contribution < 1.29 is 19.2 Å². The zero-order valence-corrected chi connectivity index (χ0v) is 11.1. The maximum atomic E-state index is 10.7. The molecule has 0 fully saturated rings. The Hall–Kier alpha value is -3.35. The van der Waals surface area contributed by atoms with Gasteiger partial charge < -0.3 is 9.63 Å². The van der Waals surface area contributed by atoms with Gasteiger partial charge in [0.05, 0.1) is 0 Å². The number of carboxylic acids is 1. The van der Waals surface area contributed by atoms with Gasteiger partial charge in [0.15, 0.2) is 11.5 Å². The van der Waals surface area contributed by atoms with Crippen LogP contribution in [0.4, 0.5) is 0 Å². The van der Waals surface area contributed by atoms with E-state index in [1.165, 1.54) is 6.07 Å². The van der Waals surface area contributed by atoms with Crippen LogP contribution in [0.3, 0.4) is 0 Å². The van der Waals surface area contributed by atoms with Crippen LogP contribution in [0.5, 0.6) is 0 Å². The van der Waals surface area contributed by atoms with Crippen LogP contribution in [-0.4, -0.2) is 32.5 Å². The minimum atomic E-state index is -1.20. The summed E-state index contributed by atoms with van der Waals surface area (Å²) < 4.78 is 4.66. The van der Waals surface area contributed by atoms with Gasteiger partial charge in [0.25, 0.3) is 0 Å². The number of carbonyl (C=O) groups is 2. The summed E-state index contributed by atoms with van der Waals surface area (Å²) in [6, 6.07) is 8.25. The monoisotopic (exact) mass is 295 g/mol. The normalized spacial score (nSPS) is 10.4. The van der Waals surface area contributed by atoms with E-state index < -0.39 is 5.97 Å². The second-order valence-corrected chi connectivity index (χ2v) is 4.42. The first-order valence-electron chi connectivity index (χ1n) is 6.25. The fourth-order valence-corrected chi connectivity index (χ4v) is 1.84. The van der Waals surface area contributed by atoms with E-state index in [-0.39, 0.29) is 17.3 Å². The van der Waals surface area contributed by atoms with Crippen molar-refractivity contribution in [2.75, 3.05) is 0 Å². The highest BCUT2D eigenvalue weighted by atomic mass is 16.5. The molecule has 0 bridgehead atoms. The number of nitrogens with zero attached hydrogens (tertiary/aromatic N) is 3. The molecule has 0 aliphatic carbocycles. The smallest absolute Gasteiger partial charge is 0.374 e. The van der Waals surface area contributed by atoms with Crippen molar-refractivity contribution in [2.45, 2.75) is 0 Å². The van der Waals surface area contributed by atoms with Crippen molar-refractivity contribution in [3.8, 4) is 22.6 Å². The minimum absolute atomic E-state index is 0.250. The number of benzene rings is 1. The first kappa shape index (κ1) is 13.6. The van der Waals surface area contributed by atoms with Gasteiger partial charge in [-0.3, -0.25) is 4.79 Å². The van der Waals surface area contributed by atoms with Gasteiger partial charge in [-0.1, -0.05) is 29.4 Å². The van der Waals surface area contributed by atoms with E-state index in [1.807, 2.05) is 0 Å². The van der Waals surface area contributed by atoms with Gasteiger partial charge in [0.2, 0.25) is 5.76 Å². The molecule has 3 rings (SSSR count). The SMILES string of the molecule is O=Cc1ccc(-c2cnc(-c3cc(C(=O)O)on3)nc2)cc1. The topological polar surface area (TPSA) is 106 Å². The van der Waals surface area contributed by atoms with Crippen LogP contribution in [0.1, 0.15) is 20.9 Å². The predicted octanol–water partition coefficient (Wildman–Crippen LogP) is 2.31. The molecule has 1 aromatic carbocycles. The quantitative estimate of drug-likeness (QED) is 0.736. The lowest BCUT2D eigenvalue weighted by Gasteiger charge is -2.01. The molecule has 0 spiro atoms. The van der Waals surface area contributed by atoms with Crippen LogP contribution in [0.25, 0.3) is 22.6 Å². The molecular formula is C15H9N3O4. The van der Waals surface area contributed by atoms with E-state index in [9.17, 15) is 9.59 Å². The summed E-state index contributed by atoms with van der Waals surface area (Å²) in [4.78, 5) is 29.7. The Morgan fingerprint density at radius 1 is 1.09 bits per heavy atom. The fraction of sp³-hybridized carbons (Fsp3) is 0. The molecule has 0 atom stereocenters. The molecule has 22 heavy (non-hydrogen) atoms. The van der Waals surface area contributed by atoms with Crippen molar-refractivity contribution in [3.63, 3.8) is 0 Å². The Kier molecular flexibility index (Phi) is 3.45. The van der Waals surface area contributed by atoms with Crippen molar-refractivity contribution in [1.29, 1.82) is 0 Å². The molecule has 1 N–H and O–H groups in total. The minimum Gasteiger partial charge on any atom is -0.475 e. The lowest BCUT2D eigenvalue weighted by molar-refractivity contribution is 0.0652. The van der Waals surface area contributed by atoms with Gasteiger partial charge in [-0.2, -0.15) is 0 Å². The summed E-state index contributed by atoms with van der Waals surface area (Å²) in [7, 11) is 0. The van der Waals surface area contributed by atoms with Crippen molar-refractivity contribution in [1.82, 2.24) is 15.1 Å². The van der Waals surface area contributed by atoms with Crippen LogP contribution in [0, 0.1) is 0 Å². The van der Waals surface area contributed by atoms with E-state index in [0.29, 0.717) is 5.56 Å². The van der Waals surface area contributed by atoms with E-state index in [0.717, 1.165) is 17.4 Å². The molecular weight excluding hydrogens is 286 g/mol. The molecule has 0 unspecified atom stereocenters. The van der Waals surface area contributed by atoms with E-state index in [2.05, 4.69) is 19.6 Å². The van der Waals surface area contributed by atoms with E-state index in [4.69, 9.17) is 5.11 Å². The van der Waals surface area contributed by atoms with Crippen LogP contribution in [0.2, 0.25) is 0 Å². The Labute approximate surface area is 124 Å². The van der Waals surface area contributed by atoms with Gasteiger partial charge in [0.1, 0.15) is 6.29 Å². The summed E-state index contributed by atoms with van der Waals surface area (Å²) in [5.74, 6) is -1.21. The summed E-state index contributed by atoms with van der Waals surface area (Å²) in [5.41, 5.74) is 2.47. The standard InChI is InChI=1S/C15H9N3O4/c19-8-9-1-3-10(4-2-9)11-6-16-14(17-7-11)12-5-13(15(20)21)22-18-12/h1-8H,(H,20,21). The molecule has 2 heterocycles. The molecule has 0 aliphatic heterocycles. The van der Waals surface area contributed by atoms with Crippen molar-refractivity contribution in [2.24, 2.45) is 0 Å². The average Bonchev–Trinajstić information content (AvgIpc) is 3.05. The van der Waals surface area contributed by atoms with Crippen molar-refractivity contribution >= 4 is 12.3 Å². The number of carbonyl (C=O) groups excluding carboxylic acids is 1. The first-order valence-corrected chi connectivity index (χ1v) is 6.25. The number of carboxylic acid groups (broad SMARTS) is 1. The molecule has 3 aromatic rings. The number of hydrogen-bond donors (Lipinski definition) is 1. The van der Waals surface area contributed by atoms with Gasteiger partial charge in [-0.15, -0.1) is 0 Å². The maximum absolute atomic E-state index is 10.7. The highest BCUT2D eigenvalue weighted by Crippen LogP contribution is 2.20. The van der Waals surface area contributed by atoms with E-state index >= 15 is 0 Å². The zero-order chi connectivity index (χ0) is 15.5. The second kappa shape index (κ2) is 5.57. The first-order chi connectivity index (χ1) is 10.7. The third kappa shape index (κ3) is 2.59. The summed E-state index contributed by atoms with van der Waals surface area (Å²) in [6.45, 7) is 0. The van der Waals surface area contributed by atoms with Crippen LogP contribution >= 0.6 is 0 Å². The third-order valence-corrected chi connectivity index (χ3v) is 2.98. The Morgan fingerprint density at radius 3 is 2.32 bits per heavy atom. The molecule has 0 aliphatic rings. The predicted molar refractivity (Wildman–Crippen MR) is 75.3 cm³/mol. The largest absolute Gasteiger partial charge is 0.475 e. The molecule has 0 radical (unpaired) electrons. The Bertz CT molecular complexity index is 823. The molecule has 0 saturated heterocycles. The fourth-order valence-electron chi connectivity index (χ4n) is 1.84. The lowest BCUT2D eigenvalue weighted by Crippen LogP contribution is -1.92. The molecule has 7 heteroatoms. The summed E-state index contributed by atoms with van der Waals surface area (Å²) in [5, 5.41) is 12.4. The number of aldehydes is 1. The highest BCUT2D eigenvalue weighted by Gasteiger charge is 2.14. The molecule has 108 valence electrons. The number of rotatable bonds is 4. The maximum Gasteiger partial charge on any atom is 0.374 e. The summed E-state index contributed by atoms with van der Waals surface area (Å²) in [6.07, 6.45) is 3.95. The van der Waals surface area contributed by atoms with Gasteiger partial charge in [0, 0.05) is 29.6 Å². The molecule has 0 amide bonds. The highest BCUT2D eigenvalue weighted by molar-refractivity contribution is 5.85. The second-order valence-electron chi connectivity index (χ2n) is 4.42.